The average molecular weight is 229 g/mol. The number of nitrogens with one attached hydrogen (secondary N) is 1. The van der Waals surface area contributed by atoms with Crippen LogP contribution in [0.5, 0.6) is 0 Å². The number of halogens is 1. The van der Waals surface area contributed by atoms with Gasteiger partial charge < -0.3 is 5.32 Å². The van der Waals surface area contributed by atoms with Crippen LogP contribution in [0.15, 0.2) is 30.0 Å². The van der Waals surface area contributed by atoms with Gasteiger partial charge in [0.25, 0.3) is 0 Å². The summed E-state index contributed by atoms with van der Waals surface area (Å²) in [5.74, 6) is 0. The second kappa shape index (κ2) is 5.41. The third-order valence-corrected chi connectivity index (χ3v) is 1.95. The SMILES string of the molecule is N#CC(C#N)=CNc1cc(Cl)ccc1C#N. The highest BCUT2D eigenvalue weighted by Crippen LogP contribution is 2.20. The number of hydrogen-bond acceptors (Lipinski definition) is 4. The lowest BCUT2D eigenvalue weighted by atomic mass is 10.2. The summed E-state index contributed by atoms with van der Waals surface area (Å²) in [6, 6.07) is 10.0. The van der Waals surface area contributed by atoms with Crippen molar-refractivity contribution in [1.82, 2.24) is 0 Å². The summed E-state index contributed by atoms with van der Waals surface area (Å²) in [5.41, 5.74) is 0.762. The Morgan fingerprint density at radius 3 is 2.50 bits per heavy atom. The number of nitrogens with zero attached hydrogens (tertiary/aromatic N) is 3. The molecule has 0 unspecified atom stereocenters. The number of hydrogen-bond donors (Lipinski definition) is 1. The van der Waals surface area contributed by atoms with E-state index in [9.17, 15) is 0 Å². The summed E-state index contributed by atoms with van der Waals surface area (Å²) in [6.45, 7) is 0. The van der Waals surface area contributed by atoms with Crippen molar-refractivity contribution < 1.29 is 0 Å². The van der Waals surface area contributed by atoms with Gasteiger partial charge in [0.2, 0.25) is 0 Å². The Balaban J connectivity index is 3.04. The molecule has 1 aromatic rings. The summed E-state index contributed by atoms with van der Waals surface area (Å²) >= 11 is 5.76. The molecule has 0 fully saturated rings. The van der Waals surface area contributed by atoms with Crippen LogP contribution in [0.3, 0.4) is 0 Å². The highest BCUT2D eigenvalue weighted by molar-refractivity contribution is 6.30. The van der Waals surface area contributed by atoms with Crippen molar-refractivity contribution in [1.29, 1.82) is 15.8 Å². The lowest BCUT2D eigenvalue weighted by Gasteiger charge is -2.03. The topological polar surface area (TPSA) is 83.4 Å². The monoisotopic (exact) mass is 228 g/mol. The van der Waals surface area contributed by atoms with Crippen molar-refractivity contribution >= 4 is 17.3 Å². The van der Waals surface area contributed by atoms with Gasteiger partial charge in [-0.3, -0.25) is 0 Å². The van der Waals surface area contributed by atoms with E-state index in [-0.39, 0.29) is 5.57 Å². The zero-order valence-electron chi connectivity index (χ0n) is 8.03. The summed E-state index contributed by atoms with van der Waals surface area (Å²) in [4.78, 5) is 0. The lowest BCUT2D eigenvalue weighted by Crippen LogP contribution is -1.93. The van der Waals surface area contributed by atoms with Gasteiger partial charge in [-0.15, -0.1) is 0 Å². The molecule has 1 N–H and O–H groups in total. The highest BCUT2D eigenvalue weighted by Gasteiger charge is 2.01. The Morgan fingerprint density at radius 1 is 1.25 bits per heavy atom. The van der Waals surface area contributed by atoms with Crippen molar-refractivity contribution in [3.05, 3.63) is 40.6 Å². The van der Waals surface area contributed by atoms with Crippen LogP contribution in [0, 0.1) is 34.0 Å². The lowest BCUT2D eigenvalue weighted by molar-refractivity contribution is 1.43. The number of allylic oxidation sites excluding steroid dienone is 1. The van der Waals surface area contributed by atoms with Crippen LogP contribution >= 0.6 is 11.6 Å². The Hall–Kier alpha value is -2.48. The second-order valence-electron chi connectivity index (χ2n) is 2.73. The Bertz CT molecular complexity index is 539. The smallest absolute Gasteiger partial charge is 0.145 e. The van der Waals surface area contributed by atoms with E-state index in [4.69, 9.17) is 27.4 Å². The predicted octanol–water partition coefficient (Wildman–Crippen LogP) is 2.55. The zero-order valence-corrected chi connectivity index (χ0v) is 8.78. The number of nitriles is 3. The fraction of sp³-hybridized carbons (Fsp3) is 0. The molecule has 0 aliphatic carbocycles. The third kappa shape index (κ3) is 2.75. The molecule has 0 bridgehead atoms. The molecule has 0 aromatic heterocycles. The number of anilines is 1. The minimum atomic E-state index is -0.0798. The van der Waals surface area contributed by atoms with Crippen LogP contribution < -0.4 is 5.32 Å². The molecule has 76 valence electrons. The normalized spacial score (nSPS) is 8.12. The van der Waals surface area contributed by atoms with Gasteiger partial charge in [0.05, 0.1) is 11.3 Å². The standard InChI is InChI=1S/C11H5ClN4/c12-10-2-1-9(6-15)11(3-10)16-7-8(4-13)5-14/h1-3,7,16H. The molecule has 5 heteroatoms. The summed E-state index contributed by atoms with van der Waals surface area (Å²) < 4.78 is 0. The van der Waals surface area contributed by atoms with Gasteiger partial charge in [-0.2, -0.15) is 15.8 Å². The first kappa shape index (κ1) is 11.6. The van der Waals surface area contributed by atoms with Crippen LogP contribution in [0.1, 0.15) is 5.56 Å². The van der Waals surface area contributed by atoms with Crippen LogP contribution in [-0.4, -0.2) is 0 Å². The van der Waals surface area contributed by atoms with E-state index in [2.05, 4.69) is 5.32 Å². The Kier molecular flexibility index (Phi) is 3.92. The molecule has 0 atom stereocenters. The molecule has 4 nitrogen and oxygen atoms in total. The van der Waals surface area contributed by atoms with Gasteiger partial charge in [-0.05, 0) is 18.2 Å². The molecule has 0 amide bonds. The first-order valence-electron chi connectivity index (χ1n) is 4.18. The summed E-state index contributed by atoms with van der Waals surface area (Å²) in [6.07, 6.45) is 1.23. The fourth-order valence-corrected chi connectivity index (χ4v) is 1.14. The second-order valence-corrected chi connectivity index (χ2v) is 3.16. The van der Waals surface area contributed by atoms with Gasteiger partial charge in [-0.25, -0.2) is 0 Å². The number of rotatable bonds is 2. The van der Waals surface area contributed by atoms with Crippen LogP contribution in [-0.2, 0) is 0 Å². The fourth-order valence-electron chi connectivity index (χ4n) is 0.973. The molecular formula is C11H5ClN4. The maximum absolute atomic E-state index is 8.81. The molecule has 16 heavy (non-hydrogen) atoms. The van der Waals surface area contributed by atoms with E-state index >= 15 is 0 Å². The van der Waals surface area contributed by atoms with Gasteiger partial charge in [0.15, 0.2) is 0 Å². The van der Waals surface area contributed by atoms with Gasteiger partial charge in [0, 0.05) is 11.2 Å². The van der Waals surface area contributed by atoms with Crippen LogP contribution in [0.25, 0.3) is 0 Å². The minimum absolute atomic E-state index is 0.0798. The molecule has 0 radical (unpaired) electrons. The van der Waals surface area contributed by atoms with Crippen molar-refractivity contribution in [2.45, 2.75) is 0 Å². The van der Waals surface area contributed by atoms with Crippen LogP contribution in [0.2, 0.25) is 5.02 Å². The van der Waals surface area contributed by atoms with E-state index in [1.54, 1.807) is 30.3 Å². The van der Waals surface area contributed by atoms with Crippen molar-refractivity contribution in [3.63, 3.8) is 0 Å². The highest BCUT2D eigenvalue weighted by atomic mass is 35.5. The van der Waals surface area contributed by atoms with E-state index < -0.39 is 0 Å². The molecule has 0 saturated carbocycles. The van der Waals surface area contributed by atoms with Crippen molar-refractivity contribution in [2.24, 2.45) is 0 Å². The van der Waals surface area contributed by atoms with Gasteiger partial charge in [-0.1, -0.05) is 11.6 Å². The maximum Gasteiger partial charge on any atom is 0.145 e. The first-order chi connectivity index (χ1) is 7.71. The van der Waals surface area contributed by atoms with E-state index in [0.717, 1.165) is 0 Å². The molecule has 0 aliphatic heterocycles. The van der Waals surface area contributed by atoms with Crippen molar-refractivity contribution in [2.75, 3.05) is 5.32 Å². The van der Waals surface area contributed by atoms with E-state index in [1.807, 2.05) is 6.07 Å². The third-order valence-electron chi connectivity index (χ3n) is 1.71. The van der Waals surface area contributed by atoms with E-state index in [1.165, 1.54) is 6.20 Å². The van der Waals surface area contributed by atoms with Crippen molar-refractivity contribution in [3.8, 4) is 18.2 Å². The Labute approximate surface area is 97.6 Å². The zero-order chi connectivity index (χ0) is 12.0. The largest absolute Gasteiger partial charge is 0.359 e. The molecule has 0 spiro atoms. The molecule has 0 heterocycles. The Morgan fingerprint density at radius 2 is 1.94 bits per heavy atom. The molecule has 0 aliphatic rings. The predicted molar refractivity (Wildman–Crippen MR) is 59.1 cm³/mol. The van der Waals surface area contributed by atoms with Gasteiger partial charge >= 0.3 is 0 Å². The first-order valence-corrected chi connectivity index (χ1v) is 4.55. The average Bonchev–Trinajstić information content (AvgIpc) is 2.30. The minimum Gasteiger partial charge on any atom is -0.359 e. The molecule has 1 aromatic carbocycles. The summed E-state index contributed by atoms with van der Waals surface area (Å²) in [5, 5.41) is 29.0. The molecule has 0 saturated heterocycles. The summed E-state index contributed by atoms with van der Waals surface area (Å²) in [7, 11) is 0. The number of benzene rings is 1. The maximum atomic E-state index is 8.81. The van der Waals surface area contributed by atoms with E-state index in [0.29, 0.717) is 16.3 Å². The molecular weight excluding hydrogens is 224 g/mol. The van der Waals surface area contributed by atoms with Gasteiger partial charge in [0.1, 0.15) is 23.8 Å². The molecule has 1 rings (SSSR count). The van der Waals surface area contributed by atoms with Crippen LogP contribution in [0.4, 0.5) is 5.69 Å². The quantitative estimate of drug-likeness (QED) is 0.789.